The van der Waals surface area contributed by atoms with Crippen LogP contribution in [-0.2, 0) is 0 Å². The molecule has 0 saturated carbocycles. The molecule has 2 aromatic rings. The molecule has 1 atom stereocenters. The molecule has 1 fully saturated rings. The van der Waals surface area contributed by atoms with Gasteiger partial charge < -0.3 is 9.42 Å². The largest absolute Gasteiger partial charge is 0.331 e. The molecule has 0 aromatic carbocycles. The summed E-state index contributed by atoms with van der Waals surface area (Å²) in [5, 5.41) is 3.82. The third-order valence-corrected chi connectivity index (χ3v) is 3.76. The van der Waals surface area contributed by atoms with Crippen molar-refractivity contribution in [3.63, 3.8) is 0 Å². The summed E-state index contributed by atoms with van der Waals surface area (Å²) in [4.78, 5) is 26.5. The molecular formula is C14H17N5O2. The van der Waals surface area contributed by atoms with Crippen molar-refractivity contribution in [3.05, 3.63) is 24.5 Å². The highest BCUT2D eigenvalue weighted by atomic mass is 16.5. The van der Waals surface area contributed by atoms with Crippen molar-refractivity contribution in [2.75, 3.05) is 6.54 Å². The van der Waals surface area contributed by atoms with E-state index >= 15 is 0 Å². The van der Waals surface area contributed by atoms with Gasteiger partial charge in [0.2, 0.25) is 5.82 Å². The smallest absolute Gasteiger partial charge is 0.316 e. The molecule has 21 heavy (non-hydrogen) atoms. The lowest BCUT2D eigenvalue weighted by atomic mass is 10.00. The Hall–Kier alpha value is -2.31. The molecule has 1 amide bonds. The van der Waals surface area contributed by atoms with E-state index in [2.05, 4.69) is 27.0 Å². The van der Waals surface area contributed by atoms with Gasteiger partial charge >= 0.3 is 11.8 Å². The summed E-state index contributed by atoms with van der Waals surface area (Å²) < 4.78 is 5.11. The molecule has 1 unspecified atom stereocenters. The van der Waals surface area contributed by atoms with Crippen LogP contribution in [0.3, 0.4) is 0 Å². The SMILES string of the molecule is CCC1CCCCN1C(=O)c1nc(-c2cnccn2)no1. The third kappa shape index (κ3) is 2.76. The third-order valence-electron chi connectivity index (χ3n) is 3.76. The number of hydrogen-bond donors (Lipinski definition) is 0. The lowest BCUT2D eigenvalue weighted by Crippen LogP contribution is -2.43. The molecule has 1 aliphatic heterocycles. The summed E-state index contributed by atoms with van der Waals surface area (Å²) in [6.45, 7) is 2.84. The maximum absolute atomic E-state index is 12.5. The number of rotatable bonds is 3. The average Bonchev–Trinajstić information content (AvgIpc) is 3.05. The van der Waals surface area contributed by atoms with Crippen LogP contribution in [0.25, 0.3) is 11.5 Å². The van der Waals surface area contributed by atoms with Crippen LogP contribution in [0.15, 0.2) is 23.1 Å². The first-order chi connectivity index (χ1) is 10.3. The minimum atomic E-state index is -0.191. The van der Waals surface area contributed by atoms with E-state index in [0.29, 0.717) is 5.69 Å². The zero-order valence-corrected chi connectivity index (χ0v) is 11.9. The van der Waals surface area contributed by atoms with Gasteiger partial charge in [0.25, 0.3) is 0 Å². The lowest BCUT2D eigenvalue weighted by Gasteiger charge is -2.34. The Morgan fingerprint density at radius 1 is 1.43 bits per heavy atom. The van der Waals surface area contributed by atoms with E-state index in [-0.39, 0.29) is 23.7 Å². The van der Waals surface area contributed by atoms with Gasteiger partial charge in [0.15, 0.2) is 0 Å². The number of likely N-dealkylation sites (tertiary alicyclic amines) is 1. The van der Waals surface area contributed by atoms with Crippen LogP contribution in [-0.4, -0.2) is 43.5 Å². The number of carbonyl (C=O) groups is 1. The first kappa shape index (κ1) is 13.7. The van der Waals surface area contributed by atoms with Crippen molar-refractivity contribution in [2.24, 2.45) is 0 Å². The highest BCUT2D eigenvalue weighted by molar-refractivity contribution is 5.90. The fourth-order valence-corrected chi connectivity index (χ4v) is 2.64. The molecule has 0 bridgehead atoms. The fourth-order valence-electron chi connectivity index (χ4n) is 2.64. The van der Waals surface area contributed by atoms with E-state index < -0.39 is 0 Å². The van der Waals surface area contributed by atoms with Gasteiger partial charge in [0.05, 0.1) is 6.20 Å². The van der Waals surface area contributed by atoms with Gasteiger partial charge in [-0.05, 0) is 25.7 Å². The van der Waals surface area contributed by atoms with Crippen LogP contribution in [0.4, 0.5) is 0 Å². The van der Waals surface area contributed by atoms with Crippen LogP contribution in [0.2, 0.25) is 0 Å². The van der Waals surface area contributed by atoms with E-state index in [4.69, 9.17) is 4.52 Å². The zero-order chi connectivity index (χ0) is 14.7. The summed E-state index contributed by atoms with van der Waals surface area (Å²) in [6.07, 6.45) is 8.81. The Labute approximate surface area is 122 Å². The van der Waals surface area contributed by atoms with Crippen molar-refractivity contribution in [2.45, 2.75) is 38.6 Å². The summed E-state index contributed by atoms with van der Waals surface area (Å²) in [5.74, 6) is 0.122. The molecule has 3 heterocycles. The Morgan fingerprint density at radius 3 is 3.10 bits per heavy atom. The standard InChI is InChI=1S/C14H17N5O2/c1-2-10-5-3-4-8-19(10)14(20)13-17-12(18-21-13)11-9-15-6-7-16-11/h6-7,9-10H,2-5,8H2,1H3. The maximum atomic E-state index is 12.5. The quantitative estimate of drug-likeness (QED) is 0.857. The predicted molar refractivity (Wildman–Crippen MR) is 74.3 cm³/mol. The van der Waals surface area contributed by atoms with Gasteiger partial charge in [-0.25, -0.2) is 4.98 Å². The highest BCUT2D eigenvalue weighted by Gasteiger charge is 2.29. The first-order valence-electron chi connectivity index (χ1n) is 7.20. The van der Waals surface area contributed by atoms with Crippen molar-refractivity contribution >= 4 is 5.91 Å². The number of aromatic nitrogens is 4. The minimum absolute atomic E-state index is 0.0241. The van der Waals surface area contributed by atoms with Gasteiger partial charge in [0, 0.05) is 25.0 Å². The summed E-state index contributed by atoms with van der Waals surface area (Å²) in [5.41, 5.74) is 0.492. The number of amides is 1. The first-order valence-corrected chi connectivity index (χ1v) is 7.20. The van der Waals surface area contributed by atoms with Gasteiger partial charge in [-0.3, -0.25) is 9.78 Å². The van der Waals surface area contributed by atoms with Crippen LogP contribution in [0.5, 0.6) is 0 Å². The second-order valence-corrected chi connectivity index (χ2v) is 5.07. The number of nitrogens with zero attached hydrogens (tertiary/aromatic N) is 5. The number of piperidine rings is 1. The molecule has 0 aliphatic carbocycles. The molecule has 2 aromatic heterocycles. The minimum Gasteiger partial charge on any atom is -0.331 e. The number of hydrogen-bond acceptors (Lipinski definition) is 6. The molecule has 7 heteroatoms. The number of carbonyl (C=O) groups excluding carboxylic acids is 1. The summed E-state index contributed by atoms with van der Waals surface area (Å²) in [6, 6.07) is 0.262. The molecule has 0 spiro atoms. The van der Waals surface area contributed by atoms with Crippen LogP contribution in [0.1, 0.15) is 43.3 Å². The molecule has 3 rings (SSSR count). The van der Waals surface area contributed by atoms with Crippen molar-refractivity contribution in [1.82, 2.24) is 25.0 Å². The lowest BCUT2D eigenvalue weighted by molar-refractivity contribution is 0.0558. The second kappa shape index (κ2) is 5.99. The van der Waals surface area contributed by atoms with E-state index in [1.807, 2.05) is 4.90 Å². The summed E-state index contributed by atoms with van der Waals surface area (Å²) in [7, 11) is 0. The van der Waals surface area contributed by atoms with E-state index in [1.54, 1.807) is 12.4 Å². The highest BCUT2D eigenvalue weighted by Crippen LogP contribution is 2.22. The van der Waals surface area contributed by atoms with Crippen molar-refractivity contribution in [1.29, 1.82) is 0 Å². The van der Waals surface area contributed by atoms with E-state index in [9.17, 15) is 4.79 Å². The fraction of sp³-hybridized carbons (Fsp3) is 0.500. The molecule has 0 N–H and O–H groups in total. The van der Waals surface area contributed by atoms with Gasteiger partial charge in [-0.1, -0.05) is 12.1 Å². The molecule has 7 nitrogen and oxygen atoms in total. The van der Waals surface area contributed by atoms with Gasteiger partial charge in [-0.2, -0.15) is 4.98 Å². The van der Waals surface area contributed by atoms with E-state index in [0.717, 1.165) is 32.2 Å². The molecule has 1 saturated heterocycles. The van der Waals surface area contributed by atoms with E-state index in [1.165, 1.54) is 6.20 Å². The van der Waals surface area contributed by atoms with Gasteiger partial charge in [0.1, 0.15) is 5.69 Å². The second-order valence-electron chi connectivity index (χ2n) is 5.07. The zero-order valence-electron chi connectivity index (χ0n) is 11.9. The van der Waals surface area contributed by atoms with Crippen molar-refractivity contribution in [3.8, 4) is 11.5 Å². The molecule has 110 valence electrons. The monoisotopic (exact) mass is 287 g/mol. The van der Waals surface area contributed by atoms with Crippen LogP contribution >= 0.6 is 0 Å². The van der Waals surface area contributed by atoms with Crippen LogP contribution < -0.4 is 0 Å². The van der Waals surface area contributed by atoms with Gasteiger partial charge in [-0.15, -0.1) is 0 Å². The molecular weight excluding hydrogens is 270 g/mol. The topological polar surface area (TPSA) is 85.0 Å². The summed E-state index contributed by atoms with van der Waals surface area (Å²) >= 11 is 0. The Morgan fingerprint density at radius 2 is 2.33 bits per heavy atom. The maximum Gasteiger partial charge on any atom is 0.316 e. The normalized spacial score (nSPS) is 18.7. The Balaban J connectivity index is 1.81. The molecule has 1 aliphatic rings. The molecule has 0 radical (unpaired) electrons. The predicted octanol–water partition coefficient (Wildman–Crippen LogP) is 1.93. The Kier molecular flexibility index (Phi) is 3.89. The van der Waals surface area contributed by atoms with Crippen LogP contribution in [0, 0.1) is 0 Å². The average molecular weight is 287 g/mol. The van der Waals surface area contributed by atoms with Crippen molar-refractivity contribution < 1.29 is 9.32 Å². The Bertz CT molecular complexity index is 613.